The number of hydrogen-bond acceptors (Lipinski definition) is 4. The number of unbranched alkanes of at least 4 members (excludes halogenated alkanes) is 1. The van der Waals surface area contributed by atoms with Gasteiger partial charge in [0.1, 0.15) is 12.6 Å². The maximum Gasteiger partial charge on any atom is 0.304 e. The maximum atomic E-state index is 13.9. The molecule has 0 saturated carbocycles. The molecule has 204 valence electrons. The molecule has 0 aromatic heterocycles. The molecule has 0 saturated heterocycles. The smallest absolute Gasteiger partial charge is 0.304 e. The van der Waals surface area contributed by atoms with Gasteiger partial charge in [0, 0.05) is 32.2 Å². The highest BCUT2D eigenvalue weighted by atomic mass is 35.5. The molecule has 0 spiro atoms. The molecule has 0 bridgehead atoms. The lowest BCUT2D eigenvalue weighted by Crippen LogP contribution is -2.53. The number of nitrogens with zero attached hydrogens (tertiary/aromatic N) is 3. The average Bonchev–Trinajstić information content (AvgIpc) is 2.85. The molecule has 1 atom stereocenters. The molecule has 0 heterocycles. The van der Waals surface area contributed by atoms with Crippen molar-refractivity contribution in [1.82, 2.24) is 14.5 Å². The quantitative estimate of drug-likeness (QED) is 0.377. The molecule has 2 amide bonds. The van der Waals surface area contributed by atoms with E-state index in [2.05, 4.69) is 5.32 Å². The first-order chi connectivity index (χ1) is 17.4. The minimum Gasteiger partial charge on any atom is -0.354 e. The minimum atomic E-state index is -4.02. The Balaban J connectivity index is 2.53. The van der Waals surface area contributed by atoms with Gasteiger partial charge in [0.15, 0.2) is 0 Å². The molecular formula is C27H39ClN4O4S. The predicted molar refractivity (Wildman–Crippen MR) is 150 cm³/mol. The Hall–Kier alpha value is -2.62. The largest absolute Gasteiger partial charge is 0.354 e. The second-order valence-electron chi connectivity index (χ2n) is 9.27. The van der Waals surface area contributed by atoms with E-state index in [1.165, 1.54) is 19.0 Å². The summed E-state index contributed by atoms with van der Waals surface area (Å²) in [7, 11) is -1.17. The Morgan fingerprint density at radius 1 is 1.05 bits per heavy atom. The number of rotatable bonds is 13. The lowest BCUT2D eigenvalue weighted by atomic mass is 10.1. The van der Waals surface area contributed by atoms with E-state index in [1.54, 1.807) is 31.2 Å². The molecule has 0 unspecified atom stereocenters. The van der Waals surface area contributed by atoms with Crippen LogP contribution in [0.3, 0.4) is 0 Å². The van der Waals surface area contributed by atoms with Crippen molar-refractivity contribution in [3.63, 3.8) is 0 Å². The molecular weight excluding hydrogens is 512 g/mol. The van der Waals surface area contributed by atoms with Crippen molar-refractivity contribution >= 4 is 39.3 Å². The van der Waals surface area contributed by atoms with E-state index in [4.69, 9.17) is 11.6 Å². The third-order valence-corrected chi connectivity index (χ3v) is 8.34. The second kappa shape index (κ2) is 13.8. The number of carbonyl (C=O) groups is 2. The maximum absolute atomic E-state index is 13.9. The van der Waals surface area contributed by atoms with Crippen molar-refractivity contribution in [2.45, 2.75) is 59.5 Å². The van der Waals surface area contributed by atoms with Gasteiger partial charge in [0.2, 0.25) is 11.8 Å². The summed E-state index contributed by atoms with van der Waals surface area (Å²) in [5.41, 5.74) is 2.67. The van der Waals surface area contributed by atoms with Crippen LogP contribution in [-0.4, -0.2) is 62.7 Å². The Bertz CT molecular complexity index is 1190. The fraction of sp³-hybridized carbons (Fsp3) is 0.481. The Labute approximate surface area is 226 Å². The lowest BCUT2D eigenvalue weighted by Gasteiger charge is -2.34. The number of anilines is 1. The fourth-order valence-electron chi connectivity index (χ4n) is 3.93. The van der Waals surface area contributed by atoms with Crippen LogP contribution in [0.5, 0.6) is 0 Å². The Morgan fingerprint density at radius 2 is 1.73 bits per heavy atom. The number of hydrogen-bond donors (Lipinski definition) is 1. The first kappa shape index (κ1) is 30.6. The van der Waals surface area contributed by atoms with Gasteiger partial charge in [0.05, 0.1) is 5.69 Å². The van der Waals surface area contributed by atoms with E-state index in [9.17, 15) is 18.0 Å². The van der Waals surface area contributed by atoms with Crippen molar-refractivity contribution in [1.29, 1.82) is 0 Å². The van der Waals surface area contributed by atoms with Crippen molar-refractivity contribution < 1.29 is 18.0 Å². The third kappa shape index (κ3) is 7.93. The number of carbonyl (C=O) groups excluding carboxylic acids is 2. The first-order valence-corrected chi connectivity index (χ1v) is 14.3. The molecule has 0 fully saturated rings. The number of aryl methyl sites for hydroxylation is 2. The minimum absolute atomic E-state index is 0.0703. The van der Waals surface area contributed by atoms with Crippen molar-refractivity contribution in [3.8, 4) is 0 Å². The summed E-state index contributed by atoms with van der Waals surface area (Å²) in [5, 5.41) is 3.38. The van der Waals surface area contributed by atoms with Gasteiger partial charge in [-0.1, -0.05) is 62.2 Å². The summed E-state index contributed by atoms with van der Waals surface area (Å²) in [4.78, 5) is 28.5. The van der Waals surface area contributed by atoms with Crippen molar-refractivity contribution in [3.05, 3.63) is 64.2 Å². The zero-order valence-corrected chi connectivity index (χ0v) is 24.2. The van der Waals surface area contributed by atoms with Gasteiger partial charge < -0.3 is 10.2 Å². The van der Waals surface area contributed by atoms with Crippen LogP contribution in [0.4, 0.5) is 5.69 Å². The predicted octanol–water partition coefficient (Wildman–Crippen LogP) is 4.29. The van der Waals surface area contributed by atoms with Gasteiger partial charge >= 0.3 is 10.2 Å². The molecule has 2 aromatic carbocycles. The monoisotopic (exact) mass is 550 g/mol. The molecule has 0 radical (unpaired) electrons. The summed E-state index contributed by atoms with van der Waals surface area (Å²) in [6, 6.07) is 11.8. The van der Waals surface area contributed by atoms with Crippen LogP contribution < -0.4 is 9.62 Å². The fourth-order valence-corrected chi connectivity index (χ4v) is 5.23. The van der Waals surface area contributed by atoms with Crippen LogP contribution in [0, 0.1) is 13.8 Å². The van der Waals surface area contributed by atoms with Gasteiger partial charge in [-0.15, -0.1) is 0 Å². The number of amides is 2. The molecule has 8 nitrogen and oxygen atoms in total. The van der Waals surface area contributed by atoms with Crippen LogP contribution >= 0.6 is 11.6 Å². The van der Waals surface area contributed by atoms with Gasteiger partial charge in [0.25, 0.3) is 0 Å². The molecule has 10 heteroatoms. The van der Waals surface area contributed by atoms with E-state index in [0.29, 0.717) is 34.8 Å². The normalized spacial score (nSPS) is 12.3. The number of benzene rings is 2. The van der Waals surface area contributed by atoms with E-state index in [0.717, 1.165) is 27.0 Å². The lowest BCUT2D eigenvalue weighted by molar-refractivity contribution is -0.140. The van der Waals surface area contributed by atoms with Crippen LogP contribution in [0.15, 0.2) is 42.5 Å². The molecule has 0 aliphatic carbocycles. The van der Waals surface area contributed by atoms with Gasteiger partial charge in [-0.25, -0.2) is 4.31 Å². The zero-order valence-electron chi connectivity index (χ0n) is 22.6. The highest BCUT2D eigenvalue weighted by Crippen LogP contribution is 2.26. The van der Waals surface area contributed by atoms with E-state index in [1.807, 2.05) is 39.0 Å². The van der Waals surface area contributed by atoms with Crippen LogP contribution in [0.2, 0.25) is 5.02 Å². The molecule has 0 aliphatic rings. The molecule has 1 N–H and O–H groups in total. The summed E-state index contributed by atoms with van der Waals surface area (Å²) in [6.45, 7) is 7.63. The Morgan fingerprint density at radius 3 is 2.32 bits per heavy atom. The average molecular weight is 551 g/mol. The zero-order chi connectivity index (χ0) is 27.8. The molecule has 2 rings (SSSR count). The summed E-state index contributed by atoms with van der Waals surface area (Å²) < 4.78 is 29.0. The topological polar surface area (TPSA) is 90.0 Å². The molecule has 2 aromatic rings. The molecule has 37 heavy (non-hydrogen) atoms. The standard InChI is InChI=1S/C27H39ClN4O4S/c1-7-9-16-29-27(34)24(8-2)31(18-22-12-10-11-13-23(22)28)26(33)19-32(37(35,36)30(5)6)25-17-20(3)14-15-21(25)4/h10-15,17,24H,7-9,16,18-19H2,1-6H3,(H,29,34)/t24-/m1/s1. The van der Waals surface area contributed by atoms with E-state index in [-0.39, 0.29) is 12.5 Å². The SMILES string of the molecule is CCCCNC(=O)[C@@H](CC)N(Cc1ccccc1Cl)C(=O)CN(c1cc(C)ccc1C)S(=O)(=O)N(C)C. The van der Waals surface area contributed by atoms with Crippen molar-refractivity contribution in [2.24, 2.45) is 0 Å². The molecule has 0 aliphatic heterocycles. The summed E-state index contributed by atoms with van der Waals surface area (Å²) >= 11 is 6.41. The van der Waals surface area contributed by atoms with Crippen LogP contribution in [-0.2, 0) is 26.3 Å². The second-order valence-corrected chi connectivity index (χ2v) is 11.7. The number of halogens is 1. The highest BCUT2D eigenvalue weighted by molar-refractivity contribution is 7.90. The van der Waals surface area contributed by atoms with Crippen molar-refractivity contribution in [2.75, 3.05) is 31.5 Å². The summed E-state index contributed by atoms with van der Waals surface area (Å²) in [5.74, 6) is -0.770. The first-order valence-electron chi connectivity index (χ1n) is 12.5. The third-order valence-electron chi connectivity index (χ3n) is 6.17. The van der Waals surface area contributed by atoms with E-state index < -0.39 is 28.7 Å². The number of nitrogens with one attached hydrogen (secondary N) is 1. The van der Waals surface area contributed by atoms with Gasteiger partial charge in [-0.2, -0.15) is 12.7 Å². The Kier molecular flexibility index (Phi) is 11.4. The van der Waals surface area contributed by atoms with Crippen LogP contribution in [0.1, 0.15) is 49.8 Å². The van der Waals surface area contributed by atoms with Gasteiger partial charge in [-0.05, 0) is 55.5 Å². The van der Waals surface area contributed by atoms with Crippen LogP contribution in [0.25, 0.3) is 0 Å². The summed E-state index contributed by atoms with van der Waals surface area (Å²) in [6.07, 6.45) is 2.10. The van der Waals surface area contributed by atoms with Gasteiger partial charge in [-0.3, -0.25) is 9.59 Å². The highest BCUT2D eigenvalue weighted by Gasteiger charge is 2.34. The van der Waals surface area contributed by atoms with E-state index >= 15 is 0 Å².